The van der Waals surface area contributed by atoms with Gasteiger partial charge in [0.1, 0.15) is 28.2 Å². The molecule has 30 heavy (non-hydrogen) atoms. The molecule has 6 heteroatoms. The molecule has 6 nitrogen and oxygen atoms in total. The minimum absolute atomic E-state index is 0.115. The maximum absolute atomic E-state index is 13.4. The van der Waals surface area contributed by atoms with E-state index >= 15 is 0 Å². The molecule has 158 valence electrons. The summed E-state index contributed by atoms with van der Waals surface area (Å²) < 4.78 is 28.1. The lowest BCUT2D eigenvalue weighted by Crippen LogP contribution is -2.10. The Balaban J connectivity index is 2.42. The van der Waals surface area contributed by atoms with Crippen molar-refractivity contribution >= 4 is 11.0 Å². The van der Waals surface area contributed by atoms with E-state index in [0.29, 0.717) is 46.0 Å². The van der Waals surface area contributed by atoms with Gasteiger partial charge in [-0.1, -0.05) is 11.6 Å². The number of methoxy groups -OCH3 is 4. The average Bonchev–Trinajstić information content (AvgIpc) is 2.76. The van der Waals surface area contributed by atoms with Crippen LogP contribution in [0.2, 0.25) is 0 Å². The highest BCUT2D eigenvalue weighted by Gasteiger charge is 2.24. The summed E-state index contributed by atoms with van der Waals surface area (Å²) in [6, 6.07) is 8.95. The predicted molar refractivity (Wildman–Crippen MR) is 117 cm³/mol. The molecule has 0 saturated carbocycles. The molecule has 0 aliphatic heterocycles. The lowest BCUT2D eigenvalue weighted by atomic mass is 10.0. The van der Waals surface area contributed by atoms with E-state index < -0.39 is 0 Å². The molecule has 0 radical (unpaired) electrons. The second-order valence-electron chi connectivity index (χ2n) is 6.97. The van der Waals surface area contributed by atoms with Crippen LogP contribution in [0, 0.1) is 0 Å². The second kappa shape index (κ2) is 8.95. The highest BCUT2D eigenvalue weighted by atomic mass is 16.5. The molecule has 0 bridgehead atoms. The fourth-order valence-electron chi connectivity index (χ4n) is 3.31. The Kier molecular flexibility index (Phi) is 6.35. The summed E-state index contributed by atoms with van der Waals surface area (Å²) in [4.78, 5) is 13.4. The highest BCUT2D eigenvalue weighted by Crippen LogP contribution is 2.40. The third kappa shape index (κ3) is 3.85. The number of ether oxygens (including phenoxy) is 4. The molecule has 0 amide bonds. The monoisotopic (exact) mass is 410 g/mol. The molecule has 3 rings (SSSR count). The van der Waals surface area contributed by atoms with Crippen molar-refractivity contribution in [2.24, 2.45) is 0 Å². The fourth-order valence-corrected chi connectivity index (χ4v) is 3.31. The van der Waals surface area contributed by atoms with Gasteiger partial charge >= 0.3 is 0 Å². The Morgan fingerprint density at radius 3 is 2.13 bits per heavy atom. The zero-order valence-corrected chi connectivity index (χ0v) is 18.1. The molecule has 2 aromatic carbocycles. The first-order chi connectivity index (χ1) is 14.4. The van der Waals surface area contributed by atoms with Gasteiger partial charge in [0.2, 0.25) is 11.2 Å². The average molecular weight is 410 g/mol. The van der Waals surface area contributed by atoms with E-state index in [2.05, 4.69) is 6.08 Å². The van der Waals surface area contributed by atoms with Crippen molar-refractivity contribution in [1.82, 2.24) is 0 Å². The number of hydrogen-bond acceptors (Lipinski definition) is 6. The summed E-state index contributed by atoms with van der Waals surface area (Å²) in [5.74, 6) is 2.12. The minimum atomic E-state index is -0.303. The normalized spacial score (nSPS) is 10.6. The SMILES string of the molecule is COc1ccc(-c2oc3c(CC=C(C)C)c(OC)cc(OC)c3c(=O)c2OC)cc1. The maximum Gasteiger partial charge on any atom is 0.239 e. The van der Waals surface area contributed by atoms with Gasteiger partial charge < -0.3 is 23.4 Å². The van der Waals surface area contributed by atoms with Crippen LogP contribution in [0.1, 0.15) is 19.4 Å². The number of allylic oxidation sites excluding steroid dienone is 2. The smallest absolute Gasteiger partial charge is 0.239 e. The summed E-state index contributed by atoms with van der Waals surface area (Å²) in [7, 11) is 6.14. The standard InChI is InChI=1S/C24H26O6/c1-14(2)7-12-17-18(27-4)13-19(28-5)20-21(25)24(29-6)22(30-23(17)20)15-8-10-16(26-3)11-9-15/h7-11,13H,12H2,1-6H3. The molecule has 0 fully saturated rings. The molecular formula is C24H26O6. The Labute approximate surface area is 175 Å². The van der Waals surface area contributed by atoms with Crippen LogP contribution in [-0.4, -0.2) is 28.4 Å². The van der Waals surface area contributed by atoms with Crippen LogP contribution in [0.25, 0.3) is 22.3 Å². The Hall–Kier alpha value is -3.41. The van der Waals surface area contributed by atoms with E-state index in [-0.39, 0.29) is 11.2 Å². The van der Waals surface area contributed by atoms with Gasteiger partial charge in [0.15, 0.2) is 5.76 Å². The van der Waals surface area contributed by atoms with Crippen LogP contribution in [0.5, 0.6) is 23.0 Å². The highest BCUT2D eigenvalue weighted by molar-refractivity contribution is 5.91. The Morgan fingerprint density at radius 2 is 1.60 bits per heavy atom. The third-order valence-electron chi connectivity index (χ3n) is 4.86. The van der Waals surface area contributed by atoms with Crippen molar-refractivity contribution in [2.45, 2.75) is 20.3 Å². The van der Waals surface area contributed by atoms with Gasteiger partial charge in [0.05, 0.1) is 28.4 Å². The van der Waals surface area contributed by atoms with Gasteiger partial charge in [-0.15, -0.1) is 0 Å². The van der Waals surface area contributed by atoms with Gasteiger partial charge in [-0.2, -0.15) is 0 Å². The third-order valence-corrected chi connectivity index (χ3v) is 4.86. The quantitative estimate of drug-likeness (QED) is 0.511. The molecule has 0 aliphatic rings. The van der Waals surface area contributed by atoms with Crippen LogP contribution >= 0.6 is 0 Å². The van der Waals surface area contributed by atoms with E-state index in [0.717, 1.165) is 11.1 Å². The first-order valence-electron chi connectivity index (χ1n) is 9.51. The van der Waals surface area contributed by atoms with Gasteiger partial charge in [-0.25, -0.2) is 0 Å². The van der Waals surface area contributed by atoms with Crippen LogP contribution in [-0.2, 0) is 6.42 Å². The first kappa shape index (κ1) is 21.3. The summed E-state index contributed by atoms with van der Waals surface area (Å²) in [5, 5.41) is 0.324. The van der Waals surface area contributed by atoms with Gasteiger partial charge in [-0.3, -0.25) is 4.79 Å². The van der Waals surface area contributed by atoms with E-state index in [1.165, 1.54) is 14.2 Å². The molecule has 1 aromatic heterocycles. The van der Waals surface area contributed by atoms with E-state index in [1.807, 2.05) is 26.0 Å². The number of benzene rings is 2. The van der Waals surface area contributed by atoms with Crippen molar-refractivity contribution in [2.75, 3.05) is 28.4 Å². The van der Waals surface area contributed by atoms with Crippen molar-refractivity contribution in [3.05, 3.63) is 57.8 Å². The zero-order chi connectivity index (χ0) is 21.8. The number of rotatable bonds is 7. The lowest BCUT2D eigenvalue weighted by molar-refractivity contribution is 0.386. The summed E-state index contributed by atoms with van der Waals surface area (Å²) in [6.07, 6.45) is 2.60. The maximum atomic E-state index is 13.4. The fraction of sp³-hybridized carbons (Fsp3) is 0.292. The molecule has 0 saturated heterocycles. The molecule has 0 atom stereocenters. The van der Waals surface area contributed by atoms with E-state index in [1.54, 1.807) is 32.4 Å². The van der Waals surface area contributed by atoms with Gasteiger partial charge in [0.25, 0.3) is 0 Å². The molecule has 0 aliphatic carbocycles. The number of hydrogen-bond donors (Lipinski definition) is 0. The Morgan fingerprint density at radius 1 is 0.933 bits per heavy atom. The first-order valence-corrected chi connectivity index (χ1v) is 9.51. The van der Waals surface area contributed by atoms with Gasteiger partial charge in [0, 0.05) is 17.2 Å². The summed E-state index contributed by atoms with van der Waals surface area (Å²) in [6.45, 7) is 4.03. The topological polar surface area (TPSA) is 67.1 Å². The largest absolute Gasteiger partial charge is 0.497 e. The molecule has 1 heterocycles. The molecule has 3 aromatic rings. The van der Waals surface area contributed by atoms with Crippen molar-refractivity contribution in [1.29, 1.82) is 0 Å². The van der Waals surface area contributed by atoms with Gasteiger partial charge in [-0.05, 0) is 44.5 Å². The van der Waals surface area contributed by atoms with Crippen molar-refractivity contribution in [3.8, 4) is 34.3 Å². The van der Waals surface area contributed by atoms with Crippen LogP contribution in [0.3, 0.4) is 0 Å². The molecule has 0 spiro atoms. The van der Waals surface area contributed by atoms with Crippen LogP contribution in [0.15, 0.2) is 51.2 Å². The van der Waals surface area contributed by atoms with Crippen LogP contribution in [0.4, 0.5) is 0 Å². The molecular weight excluding hydrogens is 384 g/mol. The molecule has 0 unspecified atom stereocenters. The minimum Gasteiger partial charge on any atom is -0.497 e. The molecule has 0 N–H and O–H groups in total. The van der Waals surface area contributed by atoms with Crippen LogP contribution < -0.4 is 24.4 Å². The Bertz CT molecular complexity index is 1140. The lowest BCUT2D eigenvalue weighted by Gasteiger charge is -2.16. The second-order valence-corrected chi connectivity index (χ2v) is 6.97. The predicted octanol–water partition coefficient (Wildman–Crippen LogP) is 5.00. The van der Waals surface area contributed by atoms with Crippen molar-refractivity contribution < 1.29 is 23.4 Å². The van der Waals surface area contributed by atoms with E-state index in [4.69, 9.17) is 23.4 Å². The zero-order valence-electron chi connectivity index (χ0n) is 18.1. The number of fused-ring (bicyclic) bond motifs is 1. The van der Waals surface area contributed by atoms with Crippen molar-refractivity contribution in [3.63, 3.8) is 0 Å². The summed E-state index contributed by atoms with van der Waals surface area (Å²) >= 11 is 0. The van der Waals surface area contributed by atoms with E-state index in [9.17, 15) is 4.79 Å². The summed E-state index contributed by atoms with van der Waals surface area (Å²) in [5.41, 5.74) is 2.72.